The van der Waals surface area contributed by atoms with Crippen LogP contribution >= 0.6 is 11.6 Å². The third-order valence-corrected chi connectivity index (χ3v) is 5.79. The first kappa shape index (κ1) is 24.8. The Morgan fingerprint density at radius 2 is 2.06 bits per heavy atom. The van der Waals surface area contributed by atoms with Gasteiger partial charge in [0.2, 0.25) is 0 Å². The zero-order valence-corrected chi connectivity index (χ0v) is 18.5. The molecule has 0 bridgehead atoms. The number of rotatable bonds is 6. The predicted octanol–water partition coefficient (Wildman–Crippen LogP) is 2.76. The van der Waals surface area contributed by atoms with E-state index in [4.69, 9.17) is 41.5 Å². The van der Waals surface area contributed by atoms with Crippen LogP contribution in [-0.4, -0.2) is 75.8 Å². The number of pyridine rings is 1. The van der Waals surface area contributed by atoms with Crippen molar-refractivity contribution < 1.29 is 36.9 Å². The number of alkyl halides is 3. The highest BCUT2D eigenvalue weighted by Crippen LogP contribution is 2.46. The molecule has 0 aliphatic carbocycles. The second kappa shape index (κ2) is 9.41. The van der Waals surface area contributed by atoms with E-state index in [1.807, 2.05) is 6.07 Å². The molecule has 2 aliphatic rings. The van der Waals surface area contributed by atoms with Crippen molar-refractivity contribution in [3.63, 3.8) is 0 Å². The molecular weight excluding hydrogens is 474 g/mol. The Bertz CT molecular complexity index is 1050. The van der Waals surface area contributed by atoms with Gasteiger partial charge in [0, 0.05) is 24.7 Å². The summed E-state index contributed by atoms with van der Waals surface area (Å²) in [7, 11) is 11.8. The van der Waals surface area contributed by atoms with Crippen LogP contribution in [0.1, 0.15) is 22.5 Å². The van der Waals surface area contributed by atoms with Gasteiger partial charge in [0.1, 0.15) is 39.8 Å². The molecule has 176 valence electrons. The molecule has 13 heteroatoms. The van der Waals surface area contributed by atoms with Crippen molar-refractivity contribution in [3.8, 4) is 5.75 Å². The van der Waals surface area contributed by atoms with E-state index in [9.17, 15) is 18.0 Å². The third kappa shape index (κ3) is 5.35. The Balaban J connectivity index is 1.44. The zero-order valence-electron chi connectivity index (χ0n) is 17.8. The van der Waals surface area contributed by atoms with E-state index in [0.717, 1.165) is 0 Å². The van der Waals surface area contributed by atoms with Crippen molar-refractivity contribution in [2.75, 3.05) is 26.3 Å². The van der Waals surface area contributed by atoms with Crippen molar-refractivity contribution in [2.45, 2.75) is 30.1 Å². The molecule has 0 N–H and O–H groups in total. The SMILES string of the molecule is [B]C1([B])OC2CN(C(=O)c3ccc(OCCOC(F)(F)F)c(Cl)c3)CC[C@]2(c2ccccn2)O1. The van der Waals surface area contributed by atoms with E-state index in [1.165, 1.54) is 18.2 Å². The molecule has 0 saturated carbocycles. The van der Waals surface area contributed by atoms with Crippen LogP contribution in [0.15, 0.2) is 42.6 Å². The number of piperidine rings is 1. The number of carbonyl (C=O) groups excluding carboxylic acids is 1. The van der Waals surface area contributed by atoms with Gasteiger partial charge in [-0.1, -0.05) is 17.7 Å². The molecule has 3 heterocycles. The van der Waals surface area contributed by atoms with E-state index in [-0.39, 0.29) is 35.4 Å². The van der Waals surface area contributed by atoms with Crippen molar-refractivity contribution in [1.29, 1.82) is 0 Å². The number of hydrogen-bond acceptors (Lipinski definition) is 6. The molecule has 2 aliphatic heterocycles. The number of likely N-dealkylation sites (tertiary alicyclic amines) is 1. The summed E-state index contributed by atoms with van der Waals surface area (Å²) in [6.07, 6.45) is -3.45. The summed E-state index contributed by atoms with van der Waals surface area (Å²) in [6, 6.07) is 9.62. The highest BCUT2D eigenvalue weighted by molar-refractivity contribution is 6.38. The number of hydrogen-bond donors (Lipinski definition) is 0. The average molecular weight is 492 g/mol. The van der Waals surface area contributed by atoms with Crippen LogP contribution in [0.2, 0.25) is 5.02 Å². The van der Waals surface area contributed by atoms with Gasteiger partial charge in [-0.05, 0) is 30.3 Å². The molecular formula is C21H18B2ClF3N2O5. The van der Waals surface area contributed by atoms with Gasteiger partial charge in [-0.15, -0.1) is 13.2 Å². The Morgan fingerprint density at radius 3 is 2.74 bits per heavy atom. The molecule has 1 aromatic carbocycles. The second-order valence-electron chi connectivity index (χ2n) is 7.82. The summed E-state index contributed by atoms with van der Waals surface area (Å²) >= 11 is 6.17. The van der Waals surface area contributed by atoms with Crippen molar-refractivity contribution >= 4 is 33.2 Å². The van der Waals surface area contributed by atoms with Crippen molar-refractivity contribution in [1.82, 2.24) is 9.88 Å². The zero-order chi connectivity index (χ0) is 24.6. The first-order chi connectivity index (χ1) is 16.0. The average Bonchev–Trinajstić information content (AvgIpc) is 3.07. The summed E-state index contributed by atoms with van der Waals surface area (Å²) in [4.78, 5) is 19.1. The highest BCUT2D eigenvalue weighted by atomic mass is 35.5. The van der Waals surface area contributed by atoms with Crippen LogP contribution in [0.4, 0.5) is 13.2 Å². The molecule has 4 radical (unpaired) electrons. The van der Waals surface area contributed by atoms with Crippen LogP contribution in [0.5, 0.6) is 5.75 Å². The maximum absolute atomic E-state index is 13.1. The number of halogens is 4. The standard InChI is InChI=1S/C21H18B2ClF3N2O5/c22-20(23)33-17-12-29(8-6-19(17,34-20)16-3-1-2-7-28-16)18(30)13-4-5-15(14(24)11-13)31-9-10-32-21(25,26)27/h1-5,7,11,17H,6,8-10,12H2/t17?,19-/m1/s1. The van der Waals surface area contributed by atoms with Crippen LogP contribution < -0.4 is 4.74 Å². The lowest BCUT2D eigenvalue weighted by Crippen LogP contribution is -2.53. The topological polar surface area (TPSA) is 70.1 Å². The molecule has 0 spiro atoms. The molecule has 7 nitrogen and oxygen atoms in total. The van der Waals surface area contributed by atoms with Gasteiger partial charge in [0.15, 0.2) is 0 Å². The van der Waals surface area contributed by atoms with Crippen LogP contribution in [0.25, 0.3) is 0 Å². The monoisotopic (exact) mass is 492 g/mol. The number of nitrogens with zero attached hydrogens (tertiary/aromatic N) is 2. The number of amides is 1. The van der Waals surface area contributed by atoms with Gasteiger partial charge >= 0.3 is 6.36 Å². The lowest BCUT2D eigenvalue weighted by molar-refractivity contribution is -0.325. The van der Waals surface area contributed by atoms with Gasteiger partial charge < -0.3 is 19.1 Å². The fraction of sp³-hybridized carbons (Fsp3) is 0.429. The largest absolute Gasteiger partial charge is 0.522 e. The lowest BCUT2D eigenvalue weighted by atomic mass is 9.76. The molecule has 2 atom stereocenters. The molecule has 1 amide bonds. The Kier molecular flexibility index (Phi) is 6.87. The summed E-state index contributed by atoms with van der Waals surface area (Å²) in [5.74, 6) is -0.209. The number of fused-ring (bicyclic) bond motifs is 1. The van der Waals surface area contributed by atoms with Gasteiger partial charge in [-0.2, -0.15) is 0 Å². The van der Waals surface area contributed by atoms with E-state index >= 15 is 0 Å². The van der Waals surface area contributed by atoms with E-state index in [0.29, 0.717) is 18.7 Å². The quantitative estimate of drug-likeness (QED) is 0.457. The number of ether oxygens (including phenoxy) is 4. The summed E-state index contributed by atoms with van der Waals surface area (Å²) < 4.78 is 56.6. The maximum Gasteiger partial charge on any atom is 0.522 e. The minimum atomic E-state index is -4.74. The Labute approximate surface area is 201 Å². The predicted molar refractivity (Wildman–Crippen MR) is 116 cm³/mol. The third-order valence-electron chi connectivity index (χ3n) is 5.50. The van der Waals surface area contributed by atoms with Gasteiger partial charge in [0.05, 0.1) is 29.5 Å². The maximum atomic E-state index is 13.1. The van der Waals surface area contributed by atoms with E-state index in [1.54, 1.807) is 23.2 Å². The first-order valence-electron chi connectivity index (χ1n) is 10.3. The van der Waals surface area contributed by atoms with Crippen molar-refractivity contribution in [2.24, 2.45) is 0 Å². The Hall–Kier alpha value is -2.27. The van der Waals surface area contributed by atoms with E-state index < -0.39 is 30.3 Å². The van der Waals surface area contributed by atoms with Crippen molar-refractivity contribution in [3.05, 3.63) is 58.9 Å². The molecule has 1 unspecified atom stereocenters. The Morgan fingerprint density at radius 1 is 1.26 bits per heavy atom. The number of carbonyl (C=O) groups is 1. The molecule has 34 heavy (non-hydrogen) atoms. The molecule has 4 rings (SSSR count). The van der Waals surface area contributed by atoms with Crippen LogP contribution in [0.3, 0.4) is 0 Å². The van der Waals surface area contributed by atoms with Gasteiger partial charge in [-0.25, -0.2) is 0 Å². The van der Waals surface area contributed by atoms with Gasteiger partial charge in [0.25, 0.3) is 5.91 Å². The van der Waals surface area contributed by atoms with E-state index in [2.05, 4.69) is 9.72 Å². The highest BCUT2D eigenvalue weighted by Gasteiger charge is 2.57. The summed E-state index contributed by atoms with van der Waals surface area (Å²) in [6.45, 7) is -0.626. The summed E-state index contributed by atoms with van der Waals surface area (Å²) in [5, 5.41) is 0.0704. The lowest BCUT2D eigenvalue weighted by Gasteiger charge is -2.41. The molecule has 2 fully saturated rings. The summed E-state index contributed by atoms with van der Waals surface area (Å²) in [5.41, 5.74) is -1.97. The molecule has 1 aromatic heterocycles. The van der Waals surface area contributed by atoms with Crippen LogP contribution in [0, 0.1) is 0 Å². The fourth-order valence-electron chi connectivity index (χ4n) is 4.07. The first-order valence-corrected chi connectivity index (χ1v) is 10.7. The smallest absolute Gasteiger partial charge is 0.490 e. The van der Waals surface area contributed by atoms with Gasteiger partial charge in [-0.3, -0.25) is 14.5 Å². The molecule has 2 saturated heterocycles. The fourth-order valence-corrected chi connectivity index (χ4v) is 4.30. The second-order valence-corrected chi connectivity index (χ2v) is 8.23. The number of aromatic nitrogens is 1. The number of benzene rings is 1. The molecule has 2 aromatic rings. The minimum Gasteiger partial charge on any atom is -0.490 e. The minimum absolute atomic E-state index is 0.0704. The normalized spacial score (nSPS) is 24.0. The van der Waals surface area contributed by atoms with Crippen LogP contribution in [-0.2, 0) is 19.8 Å².